The summed E-state index contributed by atoms with van der Waals surface area (Å²) in [6.45, 7) is 1.68. The van der Waals surface area contributed by atoms with Crippen LogP contribution in [0, 0.1) is 0 Å². The largest absolute Gasteiger partial charge is 0.394 e. The van der Waals surface area contributed by atoms with Gasteiger partial charge in [0.15, 0.2) is 31.5 Å². The fraction of sp³-hybridized carbons (Fsp3) is 1.00. The average molecular weight is 825 g/mol. The molecule has 5 aliphatic rings. The molecule has 0 spiro atoms. The summed E-state index contributed by atoms with van der Waals surface area (Å²) in [6.07, 6.45) is -42.7. The third kappa shape index (κ3) is 9.34. The van der Waals surface area contributed by atoms with Gasteiger partial charge in [0.2, 0.25) is 0 Å². The van der Waals surface area contributed by atoms with Crippen molar-refractivity contribution in [2.75, 3.05) is 26.4 Å². The van der Waals surface area contributed by atoms with Crippen LogP contribution in [0.5, 0.6) is 0 Å². The molecular formula is C32H56O24. The van der Waals surface area contributed by atoms with E-state index < -0.39 is 173 Å². The maximum atomic E-state index is 11.8. The third-order valence-corrected chi connectivity index (χ3v) is 10.6. The molecule has 0 bridgehead atoms. The smallest absolute Gasteiger partial charge is 0.187 e. The van der Waals surface area contributed by atoms with Crippen molar-refractivity contribution in [3.05, 3.63) is 0 Å². The minimum absolute atomic E-state index is 0.00486. The Balaban J connectivity index is 1.44. The molecule has 0 aromatic heterocycles. The molecule has 0 aromatic rings. The first kappa shape index (κ1) is 46.1. The number of rotatable bonds is 13. The minimum Gasteiger partial charge on any atom is -0.394 e. The molecule has 24 heteroatoms. The number of ether oxygens (including phenoxy) is 10. The first-order valence-electron chi connectivity index (χ1n) is 18.3. The Morgan fingerprint density at radius 1 is 0.357 bits per heavy atom. The van der Waals surface area contributed by atoms with E-state index in [4.69, 9.17) is 47.4 Å². The molecule has 0 aliphatic carbocycles. The van der Waals surface area contributed by atoms with E-state index >= 15 is 0 Å². The minimum atomic E-state index is -2.08. The summed E-state index contributed by atoms with van der Waals surface area (Å²) in [5.74, 6) is 0. The standard InChI is InChI=1S/C32H56O24/c1-4-47-32-27(19(42)15(38)10(5-33)51-32)56-31-23(46)26(55-29-21(44)18(41)14(37)9(3)49-29)24(12(7-35)52-31)53-30-22(45)25(16(39)11(6-34)50-30)54-28-20(43)17(40)13(36)8(2)48-28/h8-46H,4-7H2,1-3H3/t8?,9?,10?,11?,12?,13-,14-,15+,16+,17-,18-,19-,20?,21?,22?,23?,24+,25-,26+,27?,28-,29-,30-,31+,32-/m0/s1. The van der Waals surface area contributed by atoms with Gasteiger partial charge < -0.3 is 119 Å². The van der Waals surface area contributed by atoms with Crippen LogP contribution in [0.15, 0.2) is 0 Å². The second-order valence-corrected chi connectivity index (χ2v) is 14.4. The van der Waals surface area contributed by atoms with Crippen LogP contribution in [0.4, 0.5) is 0 Å². The number of aliphatic hydroxyl groups is 14. The molecule has 0 saturated carbocycles. The number of aliphatic hydroxyl groups excluding tert-OH is 14. The zero-order valence-corrected chi connectivity index (χ0v) is 30.6. The monoisotopic (exact) mass is 824 g/mol. The lowest BCUT2D eigenvalue weighted by Gasteiger charge is -2.50. The predicted octanol–water partition coefficient (Wildman–Crippen LogP) is -8.83. The quantitative estimate of drug-likeness (QED) is 0.0820. The molecule has 5 saturated heterocycles. The molecule has 0 amide bonds. The fourth-order valence-electron chi connectivity index (χ4n) is 7.17. The second kappa shape index (κ2) is 19.6. The highest BCUT2D eigenvalue weighted by atomic mass is 16.8. The predicted molar refractivity (Wildman–Crippen MR) is 173 cm³/mol. The summed E-state index contributed by atoms with van der Waals surface area (Å²) in [7, 11) is 0. The van der Waals surface area contributed by atoms with Gasteiger partial charge in [0.05, 0.1) is 32.0 Å². The molecule has 328 valence electrons. The topological polar surface area (TPSA) is 376 Å². The molecule has 0 aromatic carbocycles. The van der Waals surface area contributed by atoms with Crippen molar-refractivity contribution in [3.8, 4) is 0 Å². The van der Waals surface area contributed by atoms with E-state index in [0.29, 0.717) is 0 Å². The fourth-order valence-corrected chi connectivity index (χ4v) is 7.17. The lowest BCUT2D eigenvalue weighted by molar-refractivity contribution is -0.406. The van der Waals surface area contributed by atoms with Gasteiger partial charge in [-0.3, -0.25) is 0 Å². The first-order chi connectivity index (χ1) is 26.5. The van der Waals surface area contributed by atoms with Crippen LogP contribution in [0.3, 0.4) is 0 Å². The van der Waals surface area contributed by atoms with Gasteiger partial charge in [-0.15, -0.1) is 0 Å². The summed E-state index contributed by atoms with van der Waals surface area (Å²) >= 11 is 0. The van der Waals surface area contributed by atoms with Gasteiger partial charge >= 0.3 is 0 Å². The summed E-state index contributed by atoms with van der Waals surface area (Å²) in [5.41, 5.74) is 0. The van der Waals surface area contributed by atoms with Crippen molar-refractivity contribution in [2.24, 2.45) is 0 Å². The highest BCUT2D eigenvalue weighted by Crippen LogP contribution is 2.37. The van der Waals surface area contributed by atoms with E-state index in [9.17, 15) is 71.5 Å². The first-order valence-corrected chi connectivity index (χ1v) is 18.3. The van der Waals surface area contributed by atoms with E-state index in [1.54, 1.807) is 6.92 Å². The Labute approximate surface area is 319 Å². The Hall–Kier alpha value is -0.960. The van der Waals surface area contributed by atoms with E-state index in [1.165, 1.54) is 13.8 Å². The van der Waals surface area contributed by atoms with Crippen molar-refractivity contribution in [1.29, 1.82) is 0 Å². The van der Waals surface area contributed by atoms with Gasteiger partial charge in [0.25, 0.3) is 0 Å². The van der Waals surface area contributed by atoms with Crippen LogP contribution in [0.2, 0.25) is 0 Å². The molecule has 0 radical (unpaired) electrons. The van der Waals surface area contributed by atoms with Crippen LogP contribution < -0.4 is 0 Å². The maximum absolute atomic E-state index is 11.8. The molecule has 5 fully saturated rings. The molecule has 10 unspecified atom stereocenters. The lowest BCUT2D eigenvalue weighted by Crippen LogP contribution is -2.69. The maximum Gasteiger partial charge on any atom is 0.187 e. The lowest BCUT2D eigenvalue weighted by atomic mass is 9.95. The van der Waals surface area contributed by atoms with Gasteiger partial charge in [-0.1, -0.05) is 0 Å². The molecular weight excluding hydrogens is 768 g/mol. The molecule has 14 N–H and O–H groups in total. The summed E-state index contributed by atoms with van der Waals surface area (Å²) in [5, 5.41) is 148. The van der Waals surface area contributed by atoms with Gasteiger partial charge in [-0.05, 0) is 20.8 Å². The molecule has 5 rings (SSSR count). The van der Waals surface area contributed by atoms with Crippen LogP contribution >= 0.6 is 0 Å². The SMILES string of the molecule is CCO[C@H]1OC(CO)[C@@H](O)[C@H](O)C1O[C@H]1OC(CO)[C@@H](O[C@@H]2OC(CO)[C@@H](O)[C@H](O[C@@H]3OC(C)[C@H](O)[C@H](O)C3O)C2O)[C@H](O[C@@H]2OC(C)[C@H](O)[C@H](O)C2O)C1O. The van der Waals surface area contributed by atoms with Crippen molar-refractivity contribution in [1.82, 2.24) is 0 Å². The number of hydrogen-bond donors (Lipinski definition) is 14. The normalized spacial score (nSPS) is 53.2. The van der Waals surface area contributed by atoms with E-state index in [-0.39, 0.29) is 6.61 Å². The zero-order chi connectivity index (χ0) is 41.3. The van der Waals surface area contributed by atoms with Crippen molar-refractivity contribution in [3.63, 3.8) is 0 Å². The summed E-state index contributed by atoms with van der Waals surface area (Å²) in [6, 6.07) is 0. The van der Waals surface area contributed by atoms with E-state index in [2.05, 4.69) is 0 Å². The van der Waals surface area contributed by atoms with E-state index in [0.717, 1.165) is 0 Å². The highest BCUT2D eigenvalue weighted by molar-refractivity contribution is 4.99. The van der Waals surface area contributed by atoms with Crippen LogP contribution in [0.25, 0.3) is 0 Å². The molecule has 25 atom stereocenters. The van der Waals surface area contributed by atoms with Gasteiger partial charge in [-0.2, -0.15) is 0 Å². The third-order valence-electron chi connectivity index (χ3n) is 10.6. The van der Waals surface area contributed by atoms with Gasteiger partial charge in [0.1, 0.15) is 110 Å². The Morgan fingerprint density at radius 3 is 1.25 bits per heavy atom. The van der Waals surface area contributed by atoms with Crippen molar-refractivity contribution >= 4 is 0 Å². The molecule has 24 nitrogen and oxygen atoms in total. The van der Waals surface area contributed by atoms with Crippen LogP contribution in [-0.2, 0) is 47.4 Å². The van der Waals surface area contributed by atoms with Crippen molar-refractivity contribution in [2.45, 2.75) is 174 Å². The average Bonchev–Trinajstić information content (AvgIpc) is 3.18. The molecule has 5 heterocycles. The van der Waals surface area contributed by atoms with Gasteiger partial charge in [0, 0.05) is 6.61 Å². The van der Waals surface area contributed by atoms with E-state index in [1.807, 2.05) is 0 Å². The van der Waals surface area contributed by atoms with Crippen LogP contribution in [0.1, 0.15) is 20.8 Å². The van der Waals surface area contributed by atoms with Gasteiger partial charge in [-0.25, -0.2) is 0 Å². The zero-order valence-electron chi connectivity index (χ0n) is 30.6. The number of hydrogen-bond acceptors (Lipinski definition) is 24. The molecule has 5 aliphatic heterocycles. The second-order valence-electron chi connectivity index (χ2n) is 14.4. The Morgan fingerprint density at radius 2 is 0.750 bits per heavy atom. The van der Waals surface area contributed by atoms with Crippen molar-refractivity contribution < 1.29 is 119 Å². The summed E-state index contributed by atoms with van der Waals surface area (Å²) in [4.78, 5) is 0. The summed E-state index contributed by atoms with van der Waals surface area (Å²) < 4.78 is 57.0. The van der Waals surface area contributed by atoms with Crippen LogP contribution in [-0.4, -0.2) is 251 Å². The highest BCUT2D eigenvalue weighted by Gasteiger charge is 2.57. The molecule has 56 heavy (non-hydrogen) atoms. The Bertz CT molecular complexity index is 1210. The Kier molecular flexibility index (Phi) is 16.2.